The Balaban J connectivity index is 3.08. The Labute approximate surface area is 167 Å². The van der Waals surface area contributed by atoms with E-state index in [-0.39, 0.29) is 18.8 Å². The largest absolute Gasteiger partial charge is 0.390 e. The number of alkyl halides is 5. The van der Waals surface area contributed by atoms with Crippen molar-refractivity contribution in [3.63, 3.8) is 0 Å². The third-order valence-corrected chi connectivity index (χ3v) is 6.53. The fourth-order valence-corrected chi connectivity index (χ4v) is 3.15. The Bertz CT molecular complexity index is 492. The van der Waals surface area contributed by atoms with Crippen molar-refractivity contribution in [3.8, 4) is 0 Å². The first-order chi connectivity index (χ1) is 10.7. The van der Waals surface area contributed by atoms with Gasteiger partial charge in [-0.05, 0) is 26.2 Å². The van der Waals surface area contributed by atoms with Crippen molar-refractivity contribution in [2.45, 2.75) is 61.3 Å². The number of imide groups is 1. The van der Waals surface area contributed by atoms with Crippen LogP contribution < -0.4 is 0 Å². The normalized spacial score (nSPS) is 26.8. The molecule has 0 radical (unpaired) electrons. The maximum Gasteiger partial charge on any atom is 0.237 e. The van der Waals surface area contributed by atoms with Crippen molar-refractivity contribution in [3.05, 3.63) is 0 Å². The second-order valence-electron chi connectivity index (χ2n) is 7.00. The Morgan fingerprint density at radius 2 is 1.79 bits per heavy atom. The van der Waals surface area contributed by atoms with Gasteiger partial charge in [-0.2, -0.15) is 0 Å². The lowest BCUT2D eigenvalue weighted by Gasteiger charge is -2.30. The smallest absolute Gasteiger partial charge is 0.237 e. The van der Waals surface area contributed by atoms with E-state index in [9.17, 15) is 14.7 Å². The molecule has 1 saturated heterocycles. The van der Waals surface area contributed by atoms with E-state index in [1.54, 1.807) is 27.7 Å². The molecule has 1 aliphatic rings. The van der Waals surface area contributed by atoms with Crippen molar-refractivity contribution in [1.82, 2.24) is 4.90 Å². The van der Waals surface area contributed by atoms with Gasteiger partial charge in [0.1, 0.15) is 4.84 Å². The number of aliphatic hydroxyl groups is 1. The highest BCUT2D eigenvalue weighted by Crippen LogP contribution is 2.43. The predicted octanol–water partition coefficient (Wildman–Crippen LogP) is 4.34. The van der Waals surface area contributed by atoms with Gasteiger partial charge in [0.25, 0.3) is 0 Å². The third kappa shape index (κ3) is 4.83. The molecule has 1 N–H and O–H groups in total. The van der Waals surface area contributed by atoms with Crippen LogP contribution in [0.5, 0.6) is 0 Å². The highest BCUT2D eigenvalue weighted by molar-refractivity contribution is 6.67. The van der Waals surface area contributed by atoms with Crippen LogP contribution in [-0.2, 0) is 9.59 Å². The topological polar surface area (TPSA) is 57.6 Å². The molecule has 1 heterocycles. The molecule has 9 heteroatoms. The van der Waals surface area contributed by atoms with Gasteiger partial charge in [-0.15, -0.1) is 23.2 Å². The van der Waals surface area contributed by atoms with Crippen LogP contribution in [0, 0.1) is 17.3 Å². The number of likely N-dealkylation sites (tertiary alicyclic amines) is 1. The summed E-state index contributed by atoms with van der Waals surface area (Å²) in [6.07, 6.45) is -0.884. The molecule has 24 heavy (non-hydrogen) atoms. The summed E-state index contributed by atoms with van der Waals surface area (Å²) in [7, 11) is 0. The molecule has 0 saturated carbocycles. The van der Waals surface area contributed by atoms with Gasteiger partial charge in [0.05, 0.1) is 17.6 Å². The van der Waals surface area contributed by atoms with Gasteiger partial charge in [-0.3, -0.25) is 14.5 Å². The van der Waals surface area contributed by atoms with Crippen LogP contribution in [0.1, 0.15) is 40.5 Å². The van der Waals surface area contributed by atoms with Gasteiger partial charge in [0.2, 0.25) is 11.8 Å². The van der Waals surface area contributed by atoms with Gasteiger partial charge in [0.15, 0.2) is 3.79 Å². The number of aliphatic hydroxyl groups excluding tert-OH is 1. The van der Waals surface area contributed by atoms with Crippen LogP contribution in [0.4, 0.5) is 0 Å². The van der Waals surface area contributed by atoms with E-state index in [0.717, 1.165) is 4.90 Å². The molecule has 0 aromatic heterocycles. The minimum absolute atomic E-state index is 0.00907. The fourth-order valence-electron chi connectivity index (χ4n) is 2.70. The first-order valence-electron chi connectivity index (χ1n) is 7.60. The molecule has 0 bridgehead atoms. The van der Waals surface area contributed by atoms with Crippen LogP contribution in [0.2, 0.25) is 0 Å². The highest BCUT2D eigenvalue weighted by atomic mass is 35.6. The fraction of sp³-hybridized carbons (Fsp3) is 0.867. The second-order valence-corrected chi connectivity index (χ2v) is 10.5. The monoisotopic (exact) mass is 439 g/mol. The quantitative estimate of drug-likeness (QED) is 0.646. The van der Waals surface area contributed by atoms with E-state index < -0.39 is 43.9 Å². The molecule has 1 fully saturated rings. The summed E-state index contributed by atoms with van der Waals surface area (Å²) in [5, 5.41) is 10.6. The maximum atomic E-state index is 12.7. The van der Waals surface area contributed by atoms with Crippen LogP contribution in [0.3, 0.4) is 0 Å². The van der Waals surface area contributed by atoms with Crippen LogP contribution in [0.25, 0.3) is 0 Å². The van der Waals surface area contributed by atoms with E-state index >= 15 is 0 Å². The van der Waals surface area contributed by atoms with Gasteiger partial charge in [-0.1, -0.05) is 48.7 Å². The summed E-state index contributed by atoms with van der Waals surface area (Å²) >= 11 is 29.3. The van der Waals surface area contributed by atoms with E-state index in [1.807, 2.05) is 0 Å². The minimum Gasteiger partial charge on any atom is -0.390 e. The molecule has 4 atom stereocenters. The van der Waals surface area contributed by atoms with Crippen LogP contribution in [-0.4, -0.2) is 42.6 Å². The van der Waals surface area contributed by atoms with Crippen molar-refractivity contribution >= 4 is 69.8 Å². The Hall–Kier alpha value is 0.550. The molecule has 1 aliphatic heterocycles. The molecule has 140 valence electrons. The molecule has 1 rings (SSSR count). The zero-order chi connectivity index (χ0) is 19.0. The summed E-state index contributed by atoms with van der Waals surface area (Å²) in [5.41, 5.74) is -1.10. The molecule has 0 aromatic rings. The van der Waals surface area contributed by atoms with Gasteiger partial charge >= 0.3 is 0 Å². The van der Waals surface area contributed by atoms with Gasteiger partial charge < -0.3 is 5.11 Å². The summed E-state index contributed by atoms with van der Waals surface area (Å²) < 4.78 is -1.56. The molecular weight excluding hydrogens is 419 g/mol. The van der Waals surface area contributed by atoms with Crippen molar-refractivity contribution < 1.29 is 14.7 Å². The minimum atomic E-state index is -1.56. The molecular formula is C15H22Cl5NO3. The van der Waals surface area contributed by atoms with Gasteiger partial charge in [0, 0.05) is 12.3 Å². The number of carbonyl (C=O) groups excluding carboxylic acids is 2. The van der Waals surface area contributed by atoms with Crippen molar-refractivity contribution in [2.75, 3.05) is 0 Å². The van der Waals surface area contributed by atoms with E-state index in [1.165, 1.54) is 0 Å². The van der Waals surface area contributed by atoms with Crippen LogP contribution in [0.15, 0.2) is 0 Å². The second kappa shape index (κ2) is 8.06. The first kappa shape index (κ1) is 22.6. The molecule has 0 aromatic carbocycles. The maximum absolute atomic E-state index is 12.7. The number of rotatable bonds is 5. The summed E-state index contributed by atoms with van der Waals surface area (Å²) in [6, 6.07) is -0.762. The molecule has 4 nitrogen and oxygen atoms in total. The Morgan fingerprint density at radius 3 is 2.21 bits per heavy atom. The lowest BCUT2D eigenvalue weighted by atomic mass is 9.84. The van der Waals surface area contributed by atoms with Crippen LogP contribution >= 0.6 is 58.0 Å². The predicted molar refractivity (Wildman–Crippen MR) is 98.8 cm³/mol. The number of nitrogens with zero attached hydrogens (tertiary/aromatic N) is 1. The SMILES string of the molecule is CC(CC(=O)N1C(=O)C(C)(C)C(O)C1CC(C)C(Cl)(Cl)Cl)C(Cl)Cl. The van der Waals surface area contributed by atoms with Crippen molar-refractivity contribution in [2.24, 2.45) is 17.3 Å². The summed E-state index contributed by atoms with van der Waals surface area (Å²) in [5.74, 6) is -1.69. The third-order valence-electron chi connectivity index (χ3n) is 4.55. The standard InChI is InChI=1S/C15H22Cl5NO3/c1-7(12(16)17)5-10(22)21-9(6-8(2)15(18,19)20)11(23)14(3,4)13(21)24/h7-9,11-12,23H,5-6H2,1-4H3. The molecule has 4 unspecified atom stereocenters. The highest BCUT2D eigenvalue weighted by Gasteiger charge is 2.56. The van der Waals surface area contributed by atoms with Gasteiger partial charge in [-0.25, -0.2) is 0 Å². The van der Waals surface area contributed by atoms with Crippen molar-refractivity contribution in [1.29, 1.82) is 0 Å². The number of hydrogen-bond donors (Lipinski definition) is 1. The average molecular weight is 442 g/mol. The summed E-state index contributed by atoms with van der Waals surface area (Å²) in [4.78, 5) is 25.6. The number of carbonyl (C=O) groups is 2. The summed E-state index contributed by atoms with van der Waals surface area (Å²) in [6.45, 7) is 6.59. The number of amides is 2. The zero-order valence-corrected chi connectivity index (χ0v) is 17.7. The lowest BCUT2D eigenvalue weighted by Crippen LogP contribution is -2.44. The Morgan fingerprint density at radius 1 is 1.29 bits per heavy atom. The molecule has 0 aliphatic carbocycles. The lowest BCUT2D eigenvalue weighted by molar-refractivity contribution is -0.147. The van der Waals surface area contributed by atoms with E-state index in [0.29, 0.717) is 0 Å². The number of hydrogen-bond acceptors (Lipinski definition) is 3. The zero-order valence-electron chi connectivity index (χ0n) is 13.9. The first-order valence-corrected chi connectivity index (χ1v) is 9.61. The van der Waals surface area contributed by atoms with E-state index in [4.69, 9.17) is 58.0 Å². The van der Waals surface area contributed by atoms with E-state index in [2.05, 4.69) is 0 Å². The molecule has 0 spiro atoms. The Kier molecular flexibility index (Phi) is 7.58. The average Bonchev–Trinajstić information content (AvgIpc) is 2.58. The number of halogens is 5. The molecule has 2 amide bonds.